The zero-order chi connectivity index (χ0) is 10.7. The zero-order valence-electron chi connectivity index (χ0n) is 8.16. The largest absolute Gasteiger partial charge is 0.394 e. The predicted molar refractivity (Wildman–Crippen MR) is 52.1 cm³/mol. The topological polar surface area (TPSA) is 79.2 Å². The number of hydrogen-bond acceptors (Lipinski definition) is 6. The van der Waals surface area contributed by atoms with E-state index in [2.05, 4.69) is 0 Å². The maximum atomic E-state index is 9.70. The molecule has 0 spiro atoms. The van der Waals surface area contributed by atoms with E-state index in [1.165, 1.54) is 18.9 Å². The summed E-state index contributed by atoms with van der Waals surface area (Å²) in [5, 5.41) is 28.3. The van der Waals surface area contributed by atoms with Crippen LogP contribution in [0, 0.1) is 0 Å². The smallest absolute Gasteiger partial charge is 0.132 e. The molecule has 1 rings (SSSR count). The molecule has 1 aliphatic heterocycles. The average Bonchev–Trinajstić information content (AvgIpc) is 2.19. The number of rotatable bonds is 3. The molecule has 5 nitrogen and oxygen atoms in total. The third-order valence-electron chi connectivity index (χ3n) is 2.33. The van der Waals surface area contributed by atoms with Gasteiger partial charge in [0.15, 0.2) is 0 Å². The Bertz CT molecular complexity index is 163. The molecule has 14 heavy (non-hydrogen) atoms. The molecule has 3 N–H and O–H groups in total. The molecule has 0 saturated carbocycles. The minimum atomic E-state index is -0.997. The molecule has 6 heteroatoms. The summed E-state index contributed by atoms with van der Waals surface area (Å²) in [7, 11) is 1.41. The summed E-state index contributed by atoms with van der Waals surface area (Å²) in [6.45, 7) is -0.287. The van der Waals surface area contributed by atoms with Gasteiger partial charge in [-0.25, -0.2) is 0 Å². The highest BCUT2D eigenvalue weighted by molar-refractivity contribution is 7.99. The number of aliphatic hydroxyl groups is 3. The Morgan fingerprint density at radius 3 is 2.43 bits per heavy atom. The first-order chi connectivity index (χ1) is 6.65. The number of ether oxygens (including phenoxy) is 2. The fourth-order valence-electron chi connectivity index (χ4n) is 1.53. The van der Waals surface area contributed by atoms with Crippen molar-refractivity contribution in [3.05, 3.63) is 0 Å². The summed E-state index contributed by atoms with van der Waals surface area (Å²) in [4.78, 5) is 0. The predicted octanol–water partition coefficient (Wildman–Crippen LogP) is -1.20. The summed E-state index contributed by atoms with van der Waals surface area (Å²) in [5.74, 6) is 0. The van der Waals surface area contributed by atoms with Crippen molar-refractivity contribution in [1.82, 2.24) is 0 Å². The third kappa shape index (κ3) is 2.21. The fraction of sp³-hybridized carbons (Fsp3) is 1.00. The van der Waals surface area contributed by atoms with E-state index in [1.54, 1.807) is 6.26 Å². The van der Waals surface area contributed by atoms with E-state index in [4.69, 9.17) is 14.6 Å². The van der Waals surface area contributed by atoms with Crippen LogP contribution in [-0.2, 0) is 9.47 Å². The highest BCUT2D eigenvalue weighted by Crippen LogP contribution is 2.28. The molecule has 3 unspecified atom stereocenters. The highest BCUT2D eigenvalue weighted by Gasteiger charge is 2.44. The number of aliphatic hydroxyl groups excluding tert-OH is 3. The Labute approximate surface area is 87.0 Å². The van der Waals surface area contributed by atoms with Crippen molar-refractivity contribution in [3.63, 3.8) is 0 Å². The minimum absolute atomic E-state index is 0.287. The molecular weight excluding hydrogens is 208 g/mol. The van der Waals surface area contributed by atoms with Gasteiger partial charge < -0.3 is 24.8 Å². The Balaban J connectivity index is 2.72. The first-order valence-corrected chi connectivity index (χ1v) is 5.62. The van der Waals surface area contributed by atoms with Gasteiger partial charge in [0, 0.05) is 7.11 Å². The van der Waals surface area contributed by atoms with Crippen molar-refractivity contribution >= 4 is 11.8 Å². The molecule has 0 radical (unpaired) electrons. The molecule has 0 aromatic heterocycles. The van der Waals surface area contributed by atoms with E-state index in [0.717, 1.165) is 0 Å². The summed E-state index contributed by atoms with van der Waals surface area (Å²) in [5.41, 5.74) is -0.472. The summed E-state index contributed by atoms with van der Waals surface area (Å²) < 4.78 is 10.2. The van der Waals surface area contributed by atoms with Crippen molar-refractivity contribution in [2.24, 2.45) is 0 Å². The van der Waals surface area contributed by atoms with Gasteiger partial charge in [-0.05, 0) is 6.26 Å². The van der Waals surface area contributed by atoms with Crippen molar-refractivity contribution < 1.29 is 24.8 Å². The minimum Gasteiger partial charge on any atom is -0.394 e. The lowest BCUT2D eigenvalue weighted by Crippen LogP contribution is -2.58. The van der Waals surface area contributed by atoms with Crippen molar-refractivity contribution in [1.29, 1.82) is 0 Å². The molecule has 1 fully saturated rings. The molecule has 84 valence electrons. The van der Waals surface area contributed by atoms with Crippen LogP contribution in [0.4, 0.5) is 0 Å². The van der Waals surface area contributed by atoms with Gasteiger partial charge in [0.2, 0.25) is 0 Å². The van der Waals surface area contributed by atoms with Gasteiger partial charge in [-0.3, -0.25) is 0 Å². The molecule has 1 heterocycles. The van der Waals surface area contributed by atoms with E-state index >= 15 is 0 Å². The van der Waals surface area contributed by atoms with Gasteiger partial charge in [-0.15, -0.1) is 11.8 Å². The van der Waals surface area contributed by atoms with Gasteiger partial charge in [0.25, 0.3) is 0 Å². The second-order valence-electron chi connectivity index (χ2n) is 3.14. The van der Waals surface area contributed by atoms with E-state index < -0.39 is 29.9 Å². The first-order valence-electron chi connectivity index (χ1n) is 4.33. The van der Waals surface area contributed by atoms with Crippen LogP contribution in [0.25, 0.3) is 0 Å². The second kappa shape index (κ2) is 5.29. The Morgan fingerprint density at radius 1 is 1.36 bits per heavy atom. The number of methoxy groups -OCH3 is 1. The second-order valence-corrected chi connectivity index (χ2v) is 4.08. The Morgan fingerprint density at radius 2 is 2.00 bits per heavy atom. The summed E-state index contributed by atoms with van der Waals surface area (Å²) in [6.07, 6.45) is -1.50. The van der Waals surface area contributed by atoms with Crippen LogP contribution in [0.1, 0.15) is 0 Å². The van der Waals surface area contributed by atoms with Gasteiger partial charge in [-0.1, -0.05) is 0 Å². The van der Waals surface area contributed by atoms with Gasteiger partial charge in [0.05, 0.1) is 6.61 Å². The van der Waals surface area contributed by atoms with Gasteiger partial charge in [0.1, 0.15) is 29.9 Å². The lowest BCUT2D eigenvalue weighted by molar-refractivity contribution is -0.213. The Hall–Kier alpha value is 0.150. The fourth-order valence-corrected chi connectivity index (χ4v) is 2.21. The zero-order valence-corrected chi connectivity index (χ0v) is 8.98. The van der Waals surface area contributed by atoms with E-state index in [1.807, 2.05) is 0 Å². The molecule has 0 amide bonds. The maximum absolute atomic E-state index is 9.70. The summed E-state index contributed by atoms with van der Waals surface area (Å²) in [6, 6.07) is 0. The average molecular weight is 224 g/mol. The van der Waals surface area contributed by atoms with Crippen LogP contribution < -0.4 is 0 Å². The lowest BCUT2D eigenvalue weighted by Gasteiger charge is -2.40. The van der Waals surface area contributed by atoms with Gasteiger partial charge in [-0.2, -0.15) is 0 Å². The van der Waals surface area contributed by atoms with Gasteiger partial charge >= 0.3 is 0 Å². The molecule has 0 aliphatic carbocycles. The number of hydrogen-bond donors (Lipinski definition) is 3. The maximum Gasteiger partial charge on any atom is 0.132 e. The van der Waals surface area contributed by atoms with Crippen LogP contribution in [0.2, 0.25) is 0 Å². The first kappa shape index (κ1) is 12.2. The van der Waals surface area contributed by atoms with E-state index in [-0.39, 0.29) is 6.61 Å². The SMILES string of the molecule is COC1C(O)[C@@H](SC)OC(CO)[C@@H]1O. The third-order valence-corrected chi connectivity index (χ3v) is 3.18. The van der Waals surface area contributed by atoms with Crippen LogP contribution >= 0.6 is 11.8 Å². The Kier molecular flexibility index (Phi) is 4.62. The standard InChI is InChI=1S/C8H16O5S/c1-12-7-5(10)4(3-9)13-8(14-2)6(7)11/h4-11H,3H2,1-2H3/t4?,5-,6?,7?,8+/m0/s1. The summed E-state index contributed by atoms with van der Waals surface area (Å²) >= 11 is 1.32. The van der Waals surface area contributed by atoms with E-state index in [9.17, 15) is 10.2 Å². The molecule has 0 aromatic rings. The highest BCUT2D eigenvalue weighted by atomic mass is 32.2. The molecule has 1 aliphatic rings. The van der Waals surface area contributed by atoms with E-state index in [0.29, 0.717) is 0 Å². The molecule has 1 saturated heterocycles. The van der Waals surface area contributed by atoms with Crippen molar-refractivity contribution in [3.8, 4) is 0 Å². The molecule has 0 bridgehead atoms. The van der Waals surface area contributed by atoms with Crippen LogP contribution in [-0.4, -0.2) is 65.1 Å². The van der Waals surface area contributed by atoms with Crippen molar-refractivity contribution in [2.45, 2.75) is 29.9 Å². The molecule has 5 atom stereocenters. The quantitative estimate of drug-likeness (QED) is 0.559. The normalized spacial score (nSPS) is 43.9. The van der Waals surface area contributed by atoms with Crippen molar-refractivity contribution in [2.75, 3.05) is 20.0 Å². The monoisotopic (exact) mass is 224 g/mol. The van der Waals surface area contributed by atoms with Crippen LogP contribution in [0.15, 0.2) is 0 Å². The van der Waals surface area contributed by atoms with Crippen LogP contribution in [0.3, 0.4) is 0 Å². The number of thioether (sulfide) groups is 1. The lowest BCUT2D eigenvalue weighted by atomic mass is 10.0. The molecular formula is C8H16O5S. The molecule has 0 aromatic carbocycles. The van der Waals surface area contributed by atoms with Crippen LogP contribution in [0.5, 0.6) is 0 Å².